The van der Waals surface area contributed by atoms with Crippen LogP contribution in [-0.4, -0.2) is 5.97 Å². The lowest BCUT2D eigenvalue weighted by molar-refractivity contribution is 0.0389. The van der Waals surface area contributed by atoms with Gasteiger partial charge in [0.25, 0.3) is 0 Å². The number of esters is 1. The number of carbonyl (C=O) groups excluding carboxylic acids is 1. The molecule has 116 valence electrons. The van der Waals surface area contributed by atoms with Gasteiger partial charge in [-0.1, -0.05) is 78.9 Å². The van der Waals surface area contributed by atoms with E-state index in [0.29, 0.717) is 5.56 Å². The smallest absolute Gasteiger partial charge is 0.339 e. The third-order valence-corrected chi connectivity index (χ3v) is 4.19. The zero-order valence-corrected chi connectivity index (χ0v) is 13.1. The number of cyclic esters (lactones) is 1. The molecule has 0 unspecified atom stereocenters. The summed E-state index contributed by atoms with van der Waals surface area (Å²) in [6.45, 7) is 0. The Bertz CT molecular complexity index is 896. The van der Waals surface area contributed by atoms with Gasteiger partial charge in [-0.3, -0.25) is 0 Å². The van der Waals surface area contributed by atoms with Gasteiger partial charge in [0.2, 0.25) is 0 Å². The van der Waals surface area contributed by atoms with Crippen molar-refractivity contribution in [1.82, 2.24) is 0 Å². The fourth-order valence-electron chi connectivity index (χ4n) is 3.05. The predicted molar refractivity (Wildman–Crippen MR) is 95.4 cm³/mol. The zero-order valence-electron chi connectivity index (χ0n) is 13.1. The number of rotatable bonds is 2. The molecular formula is C22H16O2. The predicted octanol–water partition coefficient (Wildman–Crippen LogP) is 5.14. The van der Waals surface area contributed by atoms with Crippen LogP contribution in [0.4, 0.5) is 0 Å². The Morgan fingerprint density at radius 1 is 0.708 bits per heavy atom. The average Bonchev–Trinajstić information content (AvgIpc) is 2.65. The lowest BCUT2D eigenvalue weighted by Crippen LogP contribution is -2.20. The molecule has 3 aromatic carbocycles. The van der Waals surface area contributed by atoms with Crippen LogP contribution in [0.25, 0.3) is 11.6 Å². The highest BCUT2D eigenvalue weighted by atomic mass is 16.5. The van der Waals surface area contributed by atoms with E-state index in [9.17, 15) is 4.79 Å². The van der Waals surface area contributed by atoms with E-state index >= 15 is 0 Å². The van der Waals surface area contributed by atoms with E-state index in [-0.39, 0.29) is 5.97 Å². The highest BCUT2D eigenvalue weighted by Gasteiger charge is 2.31. The molecule has 0 spiro atoms. The molecule has 0 saturated carbocycles. The van der Waals surface area contributed by atoms with Gasteiger partial charge in [0.1, 0.15) is 0 Å². The van der Waals surface area contributed by atoms with Gasteiger partial charge >= 0.3 is 5.97 Å². The summed E-state index contributed by atoms with van der Waals surface area (Å²) in [7, 11) is 0. The molecule has 0 fully saturated rings. The van der Waals surface area contributed by atoms with Gasteiger partial charge in [-0.2, -0.15) is 0 Å². The van der Waals surface area contributed by atoms with Gasteiger partial charge in [0.15, 0.2) is 6.10 Å². The average molecular weight is 312 g/mol. The Hall–Kier alpha value is -3.13. The third-order valence-electron chi connectivity index (χ3n) is 4.19. The molecule has 1 aliphatic heterocycles. The highest BCUT2D eigenvalue weighted by molar-refractivity contribution is 6.02. The molecule has 0 aromatic heterocycles. The van der Waals surface area contributed by atoms with E-state index in [1.54, 1.807) is 0 Å². The van der Waals surface area contributed by atoms with Crippen molar-refractivity contribution in [2.45, 2.75) is 6.10 Å². The lowest BCUT2D eigenvalue weighted by atomic mass is 9.88. The molecule has 0 N–H and O–H groups in total. The second-order valence-corrected chi connectivity index (χ2v) is 5.75. The molecule has 3 aromatic rings. The number of hydrogen-bond donors (Lipinski definition) is 0. The van der Waals surface area contributed by atoms with Crippen LogP contribution in [0.2, 0.25) is 0 Å². The Kier molecular flexibility index (Phi) is 3.72. The Morgan fingerprint density at radius 3 is 2.00 bits per heavy atom. The van der Waals surface area contributed by atoms with Gasteiger partial charge in [-0.05, 0) is 28.8 Å². The maximum atomic E-state index is 12.4. The van der Waals surface area contributed by atoms with Crippen LogP contribution in [0.15, 0.2) is 84.9 Å². The number of benzene rings is 3. The zero-order chi connectivity index (χ0) is 16.4. The van der Waals surface area contributed by atoms with Gasteiger partial charge < -0.3 is 4.74 Å². The van der Waals surface area contributed by atoms with Crippen LogP contribution in [0.1, 0.15) is 33.2 Å². The van der Waals surface area contributed by atoms with E-state index in [2.05, 4.69) is 6.08 Å². The van der Waals surface area contributed by atoms with Gasteiger partial charge in [-0.25, -0.2) is 4.79 Å². The normalized spacial score (nSPS) is 18.1. The van der Waals surface area contributed by atoms with E-state index < -0.39 is 6.10 Å². The summed E-state index contributed by atoms with van der Waals surface area (Å²) in [5.74, 6) is -0.273. The fraction of sp³-hybridized carbons (Fsp3) is 0.0455. The van der Waals surface area contributed by atoms with Crippen molar-refractivity contribution in [2.75, 3.05) is 0 Å². The quantitative estimate of drug-likeness (QED) is 0.612. The van der Waals surface area contributed by atoms with E-state index in [4.69, 9.17) is 4.74 Å². The third kappa shape index (κ3) is 2.63. The molecule has 0 saturated heterocycles. The van der Waals surface area contributed by atoms with Crippen molar-refractivity contribution < 1.29 is 9.53 Å². The van der Waals surface area contributed by atoms with Crippen molar-refractivity contribution in [2.24, 2.45) is 0 Å². The van der Waals surface area contributed by atoms with Crippen molar-refractivity contribution in [3.05, 3.63) is 107 Å². The topological polar surface area (TPSA) is 26.3 Å². The SMILES string of the molecule is O=C1O[C@H](c2ccccc2)/C(=C\c2ccccc2)c2ccccc21. The van der Waals surface area contributed by atoms with Crippen molar-refractivity contribution in [1.29, 1.82) is 0 Å². The summed E-state index contributed by atoms with van der Waals surface area (Å²) in [5, 5.41) is 0. The molecule has 2 nitrogen and oxygen atoms in total. The standard InChI is InChI=1S/C22H16O2/c23-22-19-14-8-7-13-18(19)20(15-16-9-3-1-4-10-16)21(24-22)17-11-5-2-6-12-17/h1-15,21H/b20-15-/t21-/m1/s1. The Morgan fingerprint density at radius 2 is 1.29 bits per heavy atom. The first-order valence-electron chi connectivity index (χ1n) is 7.95. The van der Waals surface area contributed by atoms with Gasteiger partial charge in [0, 0.05) is 5.57 Å². The molecule has 0 bridgehead atoms. The largest absolute Gasteiger partial charge is 0.449 e. The maximum absolute atomic E-state index is 12.4. The van der Waals surface area contributed by atoms with Crippen LogP contribution in [0.3, 0.4) is 0 Å². The maximum Gasteiger partial charge on any atom is 0.339 e. The van der Waals surface area contributed by atoms with Gasteiger partial charge in [0.05, 0.1) is 5.56 Å². The van der Waals surface area contributed by atoms with Crippen LogP contribution in [-0.2, 0) is 4.74 Å². The minimum absolute atomic E-state index is 0.273. The number of fused-ring (bicyclic) bond motifs is 1. The van der Waals surface area contributed by atoms with Crippen LogP contribution in [0, 0.1) is 0 Å². The van der Waals surface area contributed by atoms with Gasteiger partial charge in [-0.15, -0.1) is 0 Å². The molecule has 1 heterocycles. The lowest BCUT2D eigenvalue weighted by Gasteiger charge is -2.28. The molecule has 2 heteroatoms. The summed E-state index contributed by atoms with van der Waals surface area (Å²) >= 11 is 0. The first-order chi connectivity index (χ1) is 11.8. The van der Waals surface area contributed by atoms with E-state index in [1.165, 1.54) is 0 Å². The van der Waals surface area contributed by atoms with E-state index in [1.807, 2.05) is 84.9 Å². The van der Waals surface area contributed by atoms with Crippen LogP contribution >= 0.6 is 0 Å². The highest BCUT2D eigenvalue weighted by Crippen LogP contribution is 2.40. The Labute approximate surface area is 141 Å². The van der Waals surface area contributed by atoms with Crippen LogP contribution < -0.4 is 0 Å². The second-order valence-electron chi connectivity index (χ2n) is 5.75. The first-order valence-corrected chi connectivity index (χ1v) is 7.95. The van der Waals surface area contributed by atoms with Crippen molar-refractivity contribution >= 4 is 17.6 Å². The van der Waals surface area contributed by atoms with Crippen molar-refractivity contribution in [3.8, 4) is 0 Å². The molecular weight excluding hydrogens is 296 g/mol. The summed E-state index contributed by atoms with van der Waals surface area (Å²) in [6, 6.07) is 27.6. The molecule has 1 atom stereocenters. The number of hydrogen-bond acceptors (Lipinski definition) is 2. The Balaban J connectivity index is 1.91. The minimum Gasteiger partial charge on any atom is -0.449 e. The minimum atomic E-state index is -0.395. The first kappa shape index (κ1) is 14.5. The molecule has 0 radical (unpaired) electrons. The number of carbonyl (C=O) groups is 1. The monoisotopic (exact) mass is 312 g/mol. The number of ether oxygens (including phenoxy) is 1. The summed E-state index contributed by atoms with van der Waals surface area (Å²) < 4.78 is 5.78. The second kappa shape index (κ2) is 6.17. The molecule has 0 aliphatic carbocycles. The fourth-order valence-corrected chi connectivity index (χ4v) is 3.05. The van der Waals surface area contributed by atoms with Crippen LogP contribution in [0.5, 0.6) is 0 Å². The molecule has 0 amide bonds. The summed E-state index contributed by atoms with van der Waals surface area (Å²) in [6.07, 6.45) is 1.71. The molecule has 24 heavy (non-hydrogen) atoms. The summed E-state index contributed by atoms with van der Waals surface area (Å²) in [5.41, 5.74) is 4.62. The molecule has 4 rings (SSSR count). The molecule has 1 aliphatic rings. The van der Waals surface area contributed by atoms with Crippen molar-refractivity contribution in [3.63, 3.8) is 0 Å². The van der Waals surface area contributed by atoms with E-state index in [0.717, 1.165) is 22.3 Å². The summed E-state index contributed by atoms with van der Waals surface area (Å²) in [4.78, 5) is 12.4.